The lowest BCUT2D eigenvalue weighted by atomic mass is 10.3. The zero-order chi connectivity index (χ0) is 18.4. The molecule has 130 valence electrons. The van der Waals surface area contributed by atoms with E-state index in [0.29, 0.717) is 11.4 Å². The first-order valence-corrected chi connectivity index (χ1v) is 7.47. The lowest BCUT2D eigenvalue weighted by molar-refractivity contribution is -0.307. The normalized spacial score (nSPS) is 10.7. The Hall–Kier alpha value is -3.20. The number of benzene rings is 1. The molecule has 2 rings (SSSR count). The van der Waals surface area contributed by atoms with Crippen LogP contribution in [0.15, 0.2) is 46.7 Å². The molecule has 0 fully saturated rings. The molecule has 0 spiro atoms. The number of rotatable bonds is 7. The molecule has 0 saturated heterocycles. The van der Waals surface area contributed by atoms with E-state index < -0.39 is 18.1 Å². The predicted molar refractivity (Wildman–Crippen MR) is 91.9 cm³/mol. The molecule has 0 aliphatic carbocycles. The summed E-state index contributed by atoms with van der Waals surface area (Å²) < 4.78 is 6.33. The van der Waals surface area contributed by atoms with Crippen LogP contribution in [0.2, 0.25) is 0 Å². The minimum atomic E-state index is -1.32. The topological polar surface area (TPSA) is 120 Å². The number of ether oxygens (including phenoxy) is 1. The third-order valence-electron chi connectivity index (χ3n) is 3.05. The van der Waals surface area contributed by atoms with Gasteiger partial charge in [-0.15, -0.1) is 6.58 Å². The lowest BCUT2D eigenvalue weighted by Gasteiger charge is -2.08. The molecule has 0 radical (unpaired) electrons. The van der Waals surface area contributed by atoms with Crippen molar-refractivity contribution in [2.75, 3.05) is 6.61 Å². The van der Waals surface area contributed by atoms with Crippen LogP contribution in [-0.2, 0) is 11.3 Å². The van der Waals surface area contributed by atoms with Gasteiger partial charge in [0.2, 0.25) is 5.88 Å². The molecule has 8 nitrogen and oxygen atoms in total. The number of carboxylic acids is 1. The molecule has 0 aliphatic heterocycles. The van der Waals surface area contributed by atoms with Gasteiger partial charge in [-0.3, -0.25) is 19.3 Å². The number of aromatic hydroxyl groups is 1. The number of hydrogen-bond acceptors (Lipinski definition) is 7. The Bertz CT molecular complexity index is 928. The molecule has 1 aromatic heterocycles. The number of aliphatic carboxylic acids is 1. The zero-order valence-corrected chi connectivity index (χ0v) is 13.8. The molecule has 0 unspecified atom stereocenters. The number of nitrogens with one attached hydrogen (secondary N) is 1. The fraction of sp³-hybridized carbons (Fsp3) is 0.125. The van der Waals surface area contributed by atoms with Crippen LogP contribution in [0.25, 0.3) is 0 Å². The van der Waals surface area contributed by atoms with Gasteiger partial charge in [-0.05, 0) is 36.5 Å². The summed E-state index contributed by atoms with van der Waals surface area (Å²) in [6, 6.07) is 6.16. The Kier molecular flexibility index (Phi) is 5.85. The Morgan fingerprint density at radius 2 is 2.12 bits per heavy atom. The van der Waals surface area contributed by atoms with E-state index in [9.17, 15) is 19.8 Å². The van der Waals surface area contributed by atoms with Crippen molar-refractivity contribution in [2.45, 2.75) is 6.54 Å². The standard InChI is InChI=1S/C16H15N3O5S/c1-2-7-19-15(23)12(14(22)18-16(19)25)8-17-10-3-5-11(6-4-10)24-9-13(20)21/h2-6,8,23H,1,7,9H2,(H,20,21)(H,18,22,25)/p-1. The van der Waals surface area contributed by atoms with Crippen LogP contribution >= 0.6 is 12.2 Å². The van der Waals surface area contributed by atoms with Gasteiger partial charge in [0, 0.05) is 12.8 Å². The number of aliphatic imine (C=N–C) groups is 1. The zero-order valence-electron chi connectivity index (χ0n) is 13.0. The Labute approximate surface area is 147 Å². The maximum atomic E-state index is 11.9. The summed E-state index contributed by atoms with van der Waals surface area (Å²) in [6.07, 6.45) is 2.74. The van der Waals surface area contributed by atoms with Gasteiger partial charge >= 0.3 is 0 Å². The Balaban J connectivity index is 2.26. The molecule has 0 amide bonds. The molecule has 1 heterocycles. The van der Waals surface area contributed by atoms with Gasteiger partial charge < -0.3 is 19.7 Å². The van der Waals surface area contributed by atoms with Crippen LogP contribution in [0.3, 0.4) is 0 Å². The van der Waals surface area contributed by atoms with Crippen molar-refractivity contribution in [3.8, 4) is 11.6 Å². The van der Waals surface area contributed by atoms with Crippen LogP contribution in [0.4, 0.5) is 5.69 Å². The third kappa shape index (κ3) is 4.64. The summed E-state index contributed by atoms with van der Waals surface area (Å²) in [5.74, 6) is -1.30. The van der Waals surface area contributed by atoms with E-state index in [0.717, 1.165) is 0 Å². The highest BCUT2D eigenvalue weighted by atomic mass is 32.1. The fourth-order valence-electron chi connectivity index (χ4n) is 1.90. The van der Waals surface area contributed by atoms with E-state index >= 15 is 0 Å². The summed E-state index contributed by atoms with van der Waals surface area (Å²) in [6.45, 7) is 3.24. The molecule has 1 aromatic carbocycles. The average Bonchev–Trinajstić information content (AvgIpc) is 2.57. The summed E-state index contributed by atoms with van der Waals surface area (Å²) in [5.41, 5.74) is -0.148. The molecular weight excluding hydrogens is 346 g/mol. The SMILES string of the molecule is C=CCn1c(O)c(C=Nc2ccc(OCC(=O)[O-])cc2)c(=O)[nH]c1=S. The maximum absolute atomic E-state index is 11.9. The number of nitrogens with zero attached hydrogens (tertiary/aromatic N) is 2. The van der Waals surface area contributed by atoms with E-state index in [-0.39, 0.29) is 22.8 Å². The van der Waals surface area contributed by atoms with Crippen LogP contribution < -0.4 is 15.4 Å². The molecule has 0 bridgehead atoms. The average molecular weight is 360 g/mol. The molecule has 0 saturated carbocycles. The monoisotopic (exact) mass is 360 g/mol. The summed E-state index contributed by atoms with van der Waals surface area (Å²) >= 11 is 4.98. The summed E-state index contributed by atoms with van der Waals surface area (Å²) in [5, 5.41) is 20.5. The molecule has 9 heteroatoms. The van der Waals surface area contributed by atoms with Gasteiger partial charge in [0.15, 0.2) is 4.77 Å². The first-order chi connectivity index (χ1) is 11.9. The summed E-state index contributed by atoms with van der Waals surface area (Å²) in [7, 11) is 0. The highest BCUT2D eigenvalue weighted by Crippen LogP contribution is 2.19. The van der Waals surface area contributed by atoms with E-state index in [2.05, 4.69) is 16.6 Å². The molecule has 25 heavy (non-hydrogen) atoms. The Morgan fingerprint density at radius 3 is 2.72 bits per heavy atom. The van der Waals surface area contributed by atoms with Crippen molar-refractivity contribution in [3.05, 3.63) is 57.6 Å². The fourth-order valence-corrected chi connectivity index (χ4v) is 2.15. The highest BCUT2D eigenvalue weighted by molar-refractivity contribution is 7.71. The highest BCUT2D eigenvalue weighted by Gasteiger charge is 2.09. The van der Waals surface area contributed by atoms with E-state index in [1.807, 2.05) is 0 Å². The van der Waals surface area contributed by atoms with Gasteiger partial charge in [0.05, 0.1) is 11.7 Å². The van der Waals surface area contributed by atoms with E-state index in [4.69, 9.17) is 17.0 Å². The first kappa shape index (κ1) is 18.1. The molecule has 0 aliphatic rings. The number of carboxylic acid groups (broad SMARTS) is 1. The molecular formula is C16H14N3O5S-. The number of aromatic amines is 1. The number of hydrogen-bond donors (Lipinski definition) is 2. The number of allylic oxidation sites excluding steroid dienone is 1. The lowest BCUT2D eigenvalue weighted by Crippen LogP contribution is -2.28. The van der Waals surface area contributed by atoms with Gasteiger partial charge in [-0.25, -0.2) is 0 Å². The number of aromatic nitrogens is 2. The minimum absolute atomic E-state index is 0.0484. The van der Waals surface area contributed by atoms with Crippen LogP contribution in [0, 0.1) is 4.77 Å². The smallest absolute Gasteiger partial charge is 0.264 e. The maximum Gasteiger partial charge on any atom is 0.264 e. The van der Waals surface area contributed by atoms with Crippen molar-refractivity contribution in [1.29, 1.82) is 0 Å². The second-order valence-corrected chi connectivity index (χ2v) is 5.20. The van der Waals surface area contributed by atoms with E-state index in [1.165, 1.54) is 29.0 Å². The van der Waals surface area contributed by atoms with Crippen LogP contribution in [-0.4, -0.2) is 33.4 Å². The summed E-state index contributed by atoms with van der Waals surface area (Å²) in [4.78, 5) is 28.8. The minimum Gasteiger partial charge on any atom is -0.546 e. The third-order valence-corrected chi connectivity index (χ3v) is 3.38. The van der Waals surface area contributed by atoms with Gasteiger partial charge in [0.25, 0.3) is 5.56 Å². The van der Waals surface area contributed by atoms with Gasteiger partial charge in [0.1, 0.15) is 17.9 Å². The van der Waals surface area contributed by atoms with Crippen LogP contribution in [0.1, 0.15) is 5.56 Å². The number of carbonyl (C=O) groups is 1. The number of carbonyl (C=O) groups excluding carboxylic acids is 1. The van der Waals surface area contributed by atoms with Gasteiger partial charge in [-0.1, -0.05) is 6.08 Å². The Morgan fingerprint density at radius 1 is 1.44 bits per heavy atom. The van der Waals surface area contributed by atoms with Crippen molar-refractivity contribution in [1.82, 2.24) is 9.55 Å². The quantitative estimate of drug-likeness (QED) is 0.426. The van der Waals surface area contributed by atoms with Crippen molar-refractivity contribution < 1.29 is 19.7 Å². The van der Waals surface area contributed by atoms with Crippen LogP contribution in [0.5, 0.6) is 11.6 Å². The number of H-pyrrole nitrogens is 1. The van der Waals surface area contributed by atoms with Crippen molar-refractivity contribution in [2.24, 2.45) is 4.99 Å². The largest absolute Gasteiger partial charge is 0.546 e. The molecule has 2 aromatic rings. The second-order valence-electron chi connectivity index (χ2n) is 4.81. The van der Waals surface area contributed by atoms with Gasteiger partial charge in [-0.2, -0.15) is 0 Å². The molecule has 0 atom stereocenters. The second kappa shape index (κ2) is 8.06. The van der Waals surface area contributed by atoms with Crippen molar-refractivity contribution >= 4 is 30.1 Å². The molecule has 2 N–H and O–H groups in total. The van der Waals surface area contributed by atoms with E-state index in [1.54, 1.807) is 12.1 Å². The predicted octanol–water partition coefficient (Wildman–Crippen LogP) is 0.677. The van der Waals surface area contributed by atoms with Crippen molar-refractivity contribution in [3.63, 3.8) is 0 Å². The first-order valence-electron chi connectivity index (χ1n) is 7.06.